The highest BCUT2D eigenvalue weighted by atomic mass is 32.2. The van der Waals surface area contributed by atoms with Gasteiger partial charge in [-0.25, -0.2) is 12.8 Å². The number of sulfonamides is 1. The first kappa shape index (κ1) is 16.0. The molecule has 0 aromatic heterocycles. The van der Waals surface area contributed by atoms with E-state index >= 15 is 0 Å². The Kier molecular flexibility index (Phi) is 4.40. The predicted molar refractivity (Wildman–Crippen MR) is 65.1 cm³/mol. The molecule has 0 aliphatic rings. The molecule has 0 spiro atoms. The minimum atomic E-state index is -4.40. The molecule has 1 N–H and O–H groups in total. The van der Waals surface area contributed by atoms with Crippen LogP contribution in [0.15, 0.2) is 23.1 Å². The maximum atomic E-state index is 13.7. The minimum absolute atomic E-state index is 0.464. The van der Waals surface area contributed by atoms with Crippen LogP contribution in [0.25, 0.3) is 0 Å². The van der Waals surface area contributed by atoms with Crippen molar-refractivity contribution in [2.75, 3.05) is 7.05 Å². The second kappa shape index (κ2) is 5.51. The molecule has 0 amide bonds. The molecule has 1 aromatic rings. The molecule has 20 heavy (non-hydrogen) atoms. The number of hydrogen-bond acceptors (Lipinski definition) is 5. The lowest BCUT2D eigenvalue weighted by Crippen LogP contribution is -2.40. The van der Waals surface area contributed by atoms with E-state index in [-0.39, 0.29) is 0 Å². The fourth-order valence-electron chi connectivity index (χ4n) is 1.33. The summed E-state index contributed by atoms with van der Waals surface area (Å²) in [6, 6.07) is 0.615. The van der Waals surface area contributed by atoms with Gasteiger partial charge in [-0.1, -0.05) is 0 Å². The summed E-state index contributed by atoms with van der Waals surface area (Å²) in [5.74, 6) is -2.72. The first-order chi connectivity index (χ1) is 9.09. The maximum Gasteiger partial charge on any atom is 0.321 e. The molecule has 0 aliphatic heterocycles. The van der Waals surface area contributed by atoms with Gasteiger partial charge in [0.2, 0.25) is 10.0 Å². The summed E-state index contributed by atoms with van der Waals surface area (Å²) >= 11 is 0. The van der Waals surface area contributed by atoms with E-state index in [0.717, 1.165) is 26.1 Å². The van der Waals surface area contributed by atoms with Crippen LogP contribution >= 0.6 is 0 Å². The van der Waals surface area contributed by atoms with E-state index in [1.165, 1.54) is 0 Å². The number of halogens is 1. The number of carboxylic acid groups (broad SMARTS) is 1. The van der Waals surface area contributed by atoms with Crippen molar-refractivity contribution in [3.63, 3.8) is 0 Å². The molecule has 0 saturated carbocycles. The van der Waals surface area contributed by atoms with E-state index in [1.807, 2.05) is 0 Å². The molecule has 0 saturated heterocycles. The van der Waals surface area contributed by atoms with Gasteiger partial charge in [0.25, 0.3) is 5.69 Å². The van der Waals surface area contributed by atoms with E-state index in [0.29, 0.717) is 10.4 Å². The zero-order chi connectivity index (χ0) is 15.7. The smallest absolute Gasteiger partial charge is 0.321 e. The van der Waals surface area contributed by atoms with Crippen molar-refractivity contribution in [1.82, 2.24) is 4.31 Å². The lowest BCUT2D eigenvalue weighted by atomic mass is 10.3. The molecule has 1 rings (SSSR count). The highest BCUT2D eigenvalue weighted by Crippen LogP contribution is 2.23. The fourth-order valence-corrected chi connectivity index (χ4v) is 2.69. The number of likely N-dealkylation sites (N-methyl/N-ethyl adjacent to an activating group) is 1. The molecule has 0 aliphatic carbocycles. The summed E-state index contributed by atoms with van der Waals surface area (Å²) < 4.78 is 38.2. The zero-order valence-corrected chi connectivity index (χ0v) is 11.3. The molecular formula is C10H11FN2O6S. The second-order valence-electron chi connectivity index (χ2n) is 3.91. The van der Waals surface area contributed by atoms with Gasteiger partial charge in [0.1, 0.15) is 16.8 Å². The average Bonchev–Trinajstić information content (AvgIpc) is 2.36. The average molecular weight is 306 g/mol. The highest BCUT2D eigenvalue weighted by molar-refractivity contribution is 7.89. The van der Waals surface area contributed by atoms with Gasteiger partial charge in [0, 0.05) is 13.1 Å². The molecule has 8 nitrogen and oxygen atoms in total. The first-order valence-electron chi connectivity index (χ1n) is 5.23. The monoisotopic (exact) mass is 306 g/mol. The Morgan fingerprint density at radius 3 is 2.45 bits per heavy atom. The number of carboxylic acids is 1. The SMILES string of the molecule is CC(C(=O)O)N(C)S(=O)(=O)c1ccc([N+](=O)[O-])cc1F. The van der Waals surface area contributed by atoms with Gasteiger partial charge in [0.15, 0.2) is 0 Å². The van der Waals surface area contributed by atoms with Gasteiger partial charge in [-0.3, -0.25) is 14.9 Å². The van der Waals surface area contributed by atoms with E-state index in [2.05, 4.69) is 0 Å². The third kappa shape index (κ3) is 2.91. The maximum absolute atomic E-state index is 13.7. The van der Waals surface area contributed by atoms with Gasteiger partial charge in [-0.2, -0.15) is 4.31 Å². The third-order valence-electron chi connectivity index (χ3n) is 2.69. The molecule has 1 atom stereocenters. The summed E-state index contributed by atoms with van der Waals surface area (Å²) in [6.45, 7) is 1.11. The van der Waals surface area contributed by atoms with Crippen LogP contribution in [-0.4, -0.2) is 41.8 Å². The standard InChI is InChI=1S/C10H11FN2O6S/c1-6(10(14)15)12(2)20(18,19)9-4-3-7(13(16)17)5-8(9)11/h3-6H,1-2H3,(H,14,15). The van der Waals surface area contributed by atoms with E-state index < -0.39 is 43.4 Å². The largest absolute Gasteiger partial charge is 0.480 e. The summed E-state index contributed by atoms with van der Waals surface area (Å²) in [7, 11) is -3.42. The number of rotatable bonds is 5. The number of nitro benzene ring substituents is 1. The van der Waals surface area contributed by atoms with Crippen LogP contribution in [0.2, 0.25) is 0 Å². The highest BCUT2D eigenvalue weighted by Gasteiger charge is 2.32. The van der Waals surface area contributed by atoms with Gasteiger partial charge in [-0.15, -0.1) is 0 Å². The van der Waals surface area contributed by atoms with Crippen LogP contribution in [-0.2, 0) is 14.8 Å². The number of nitro groups is 1. The van der Waals surface area contributed by atoms with Crippen LogP contribution in [0.1, 0.15) is 6.92 Å². The Morgan fingerprint density at radius 2 is 2.05 bits per heavy atom. The Hall–Kier alpha value is -2.07. The molecule has 1 aromatic carbocycles. The number of non-ortho nitro benzene ring substituents is 1. The summed E-state index contributed by atoms with van der Waals surface area (Å²) in [5, 5.41) is 19.2. The molecule has 0 radical (unpaired) electrons. The Balaban J connectivity index is 3.30. The quantitative estimate of drug-likeness (QED) is 0.635. The number of hydrogen-bond donors (Lipinski definition) is 1. The third-order valence-corrected chi connectivity index (χ3v) is 4.65. The van der Waals surface area contributed by atoms with Crippen LogP contribution in [0, 0.1) is 15.9 Å². The summed E-state index contributed by atoms with van der Waals surface area (Å²) in [4.78, 5) is 19.5. The van der Waals surface area contributed by atoms with Gasteiger partial charge >= 0.3 is 5.97 Å². The normalized spacial score (nSPS) is 13.2. The van der Waals surface area contributed by atoms with Crippen molar-refractivity contribution >= 4 is 21.7 Å². The van der Waals surface area contributed by atoms with Crippen molar-refractivity contribution in [1.29, 1.82) is 0 Å². The Bertz CT molecular complexity index is 660. The van der Waals surface area contributed by atoms with E-state index in [1.54, 1.807) is 0 Å². The molecule has 1 unspecified atom stereocenters. The van der Waals surface area contributed by atoms with E-state index in [9.17, 15) is 27.7 Å². The predicted octanol–water partition coefficient (Wildman–Crippen LogP) is 0.827. The van der Waals surface area contributed by atoms with Crippen molar-refractivity contribution in [3.8, 4) is 0 Å². The topological polar surface area (TPSA) is 118 Å². The molecule has 0 bridgehead atoms. The lowest BCUT2D eigenvalue weighted by Gasteiger charge is -2.21. The summed E-state index contributed by atoms with van der Waals surface area (Å²) in [5.41, 5.74) is -0.601. The van der Waals surface area contributed by atoms with E-state index in [4.69, 9.17) is 5.11 Å². The van der Waals surface area contributed by atoms with Crippen LogP contribution in [0.3, 0.4) is 0 Å². The first-order valence-corrected chi connectivity index (χ1v) is 6.68. The lowest BCUT2D eigenvalue weighted by molar-refractivity contribution is -0.385. The number of carbonyl (C=O) groups is 1. The molecule has 10 heteroatoms. The Morgan fingerprint density at radius 1 is 1.50 bits per heavy atom. The molecule has 110 valence electrons. The van der Waals surface area contributed by atoms with Crippen molar-refractivity contribution in [2.24, 2.45) is 0 Å². The number of aliphatic carboxylic acids is 1. The number of nitrogens with zero attached hydrogens (tertiary/aromatic N) is 2. The molecular weight excluding hydrogens is 295 g/mol. The minimum Gasteiger partial charge on any atom is -0.480 e. The van der Waals surface area contributed by atoms with Crippen LogP contribution < -0.4 is 0 Å². The molecule has 0 fully saturated rings. The fraction of sp³-hybridized carbons (Fsp3) is 0.300. The van der Waals surface area contributed by atoms with Gasteiger partial charge in [-0.05, 0) is 13.0 Å². The van der Waals surface area contributed by atoms with Crippen LogP contribution in [0.5, 0.6) is 0 Å². The summed E-state index contributed by atoms with van der Waals surface area (Å²) in [6.07, 6.45) is 0. The Labute approximate surface area is 113 Å². The van der Waals surface area contributed by atoms with Crippen molar-refractivity contribution in [3.05, 3.63) is 34.1 Å². The van der Waals surface area contributed by atoms with Crippen molar-refractivity contribution in [2.45, 2.75) is 17.9 Å². The second-order valence-corrected chi connectivity index (χ2v) is 5.87. The number of benzene rings is 1. The zero-order valence-electron chi connectivity index (χ0n) is 10.5. The van der Waals surface area contributed by atoms with Gasteiger partial charge < -0.3 is 5.11 Å². The van der Waals surface area contributed by atoms with Crippen LogP contribution in [0.4, 0.5) is 10.1 Å². The molecule has 0 heterocycles. The van der Waals surface area contributed by atoms with Crippen molar-refractivity contribution < 1.29 is 27.6 Å². The van der Waals surface area contributed by atoms with Gasteiger partial charge in [0.05, 0.1) is 11.0 Å².